The first kappa shape index (κ1) is 13.2. The van der Waals surface area contributed by atoms with Crippen LogP contribution >= 0.6 is 0 Å². The first-order valence-corrected chi connectivity index (χ1v) is 6.79. The summed E-state index contributed by atoms with van der Waals surface area (Å²) in [7, 11) is 2.00. The SMILES string of the molecule is CNC(C)CC1CN(C(C)C)c2ccc(O)cc21. The second kappa shape index (κ2) is 5.19. The largest absolute Gasteiger partial charge is 0.508 e. The molecule has 18 heavy (non-hydrogen) atoms. The summed E-state index contributed by atoms with van der Waals surface area (Å²) in [4.78, 5) is 2.43. The lowest BCUT2D eigenvalue weighted by molar-refractivity contribution is 0.471. The van der Waals surface area contributed by atoms with Gasteiger partial charge in [0.1, 0.15) is 5.75 Å². The predicted octanol–water partition coefficient (Wildman–Crippen LogP) is 2.70. The maximum atomic E-state index is 9.70. The van der Waals surface area contributed by atoms with Crippen LogP contribution < -0.4 is 10.2 Å². The van der Waals surface area contributed by atoms with Crippen molar-refractivity contribution in [3.8, 4) is 5.75 Å². The number of aromatic hydroxyl groups is 1. The minimum atomic E-state index is 0.376. The van der Waals surface area contributed by atoms with Gasteiger partial charge in [-0.1, -0.05) is 0 Å². The molecule has 2 rings (SSSR count). The molecule has 1 aliphatic heterocycles. The van der Waals surface area contributed by atoms with Crippen molar-refractivity contribution in [1.29, 1.82) is 0 Å². The van der Waals surface area contributed by atoms with Crippen molar-refractivity contribution in [3.63, 3.8) is 0 Å². The number of nitrogens with one attached hydrogen (secondary N) is 1. The predicted molar refractivity (Wildman–Crippen MR) is 76.5 cm³/mol. The molecule has 0 saturated carbocycles. The third-order valence-electron chi connectivity index (χ3n) is 3.93. The van der Waals surface area contributed by atoms with Crippen molar-refractivity contribution in [2.45, 2.75) is 45.2 Å². The minimum Gasteiger partial charge on any atom is -0.508 e. The van der Waals surface area contributed by atoms with E-state index in [-0.39, 0.29) is 0 Å². The molecular formula is C15H24N2O. The normalized spacial score (nSPS) is 20.3. The van der Waals surface area contributed by atoms with Crippen LogP contribution in [0.15, 0.2) is 18.2 Å². The summed E-state index contributed by atoms with van der Waals surface area (Å²) in [5, 5.41) is 13.0. The van der Waals surface area contributed by atoms with Crippen LogP contribution in [0.1, 0.15) is 38.7 Å². The molecule has 0 bridgehead atoms. The maximum absolute atomic E-state index is 9.70. The van der Waals surface area contributed by atoms with E-state index >= 15 is 0 Å². The zero-order valence-electron chi connectivity index (χ0n) is 11.8. The van der Waals surface area contributed by atoms with Gasteiger partial charge in [-0.25, -0.2) is 0 Å². The van der Waals surface area contributed by atoms with E-state index in [0.29, 0.717) is 23.8 Å². The van der Waals surface area contributed by atoms with Crippen LogP contribution in [-0.4, -0.2) is 30.8 Å². The molecule has 0 fully saturated rings. The molecule has 3 heteroatoms. The monoisotopic (exact) mass is 248 g/mol. The van der Waals surface area contributed by atoms with Crippen LogP contribution in [0, 0.1) is 0 Å². The highest BCUT2D eigenvalue weighted by molar-refractivity contribution is 5.62. The van der Waals surface area contributed by atoms with Crippen LogP contribution in [0.25, 0.3) is 0 Å². The van der Waals surface area contributed by atoms with E-state index in [9.17, 15) is 5.11 Å². The molecule has 0 aromatic heterocycles. The Morgan fingerprint density at radius 3 is 2.72 bits per heavy atom. The molecule has 2 atom stereocenters. The number of hydrogen-bond donors (Lipinski definition) is 2. The number of phenolic OH excluding ortho intramolecular Hbond substituents is 1. The summed E-state index contributed by atoms with van der Waals surface area (Å²) in [6.45, 7) is 7.71. The Balaban J connectivity index is 2.29. The maximum Gasteiger partial charge on any atom is 0.116 e. The smallest absolute Gasteiger partial charge is 0.116 e. The van der Waals surface area contributed by atoms with Gasteiger partial charge in [0.25, 0.3) is 0 Å². The fourth-order valence-corrected chi connectivity index (χ4v) is 2.80. The van der Waals surface area contributed by atoms with Gasteiger partial charge in [-0.05, 0) is 58.0 Å². The van der Waals surface area contributed by atoms with Crippen molar-refractivity contribution in [3.05, 3.63) is 23.8 Å². The van der Waals surface area contributed by atoms with Crippen molar-refractivity contribution in [2.24, 2.45) is 0 Å². The fraction of sp³-hybridized carbons (Fsp3) is 0.600. The van der Waals surface area contributed by atoms with E-state index in [0.717, 1.165) is 13.0 Å². The highest BCUT2D eigenvalue weighted by Gasteiger charge is 2.30. The molecule has 1 aromatic rings. The first-order chi connectivity index (χ1) is 8.52. The summed E-state index contributed by atoms with van der Waals surface area (Å²) in [5.74, 6) is 0.887. The highest BCUT2D eigenvalue weighted by atomic mass is 16.3. The Labute approximate surface area is 110 Å². The van der Waals surface area contributed by atoms with E-state index < -0.39 is 0 Å². The molecule has 1 aliphatic rings. The van der Waals surface area contributed by atoms with E-state index in [4.69, 9.17) is 0 Å². The van der Waals surface area contributed by atoms with Gasteiger partial charge in [0.05, 0.1) is 0 Å². The zero-order chi connectivity index (χ0) is 13.3. The van der Waals surface area contributed by atoms with Gasteiger partial charge in [-0.2, -0.15) is 0 Å². The number of anilines is 1. The second-order valence-corrected chi connectivity index (χ2v) is 5.61. The van der Waals surface area contributed by atoms with Crippen LogP contribution in [0.5, 0.6) is 5.75 Å². The van der Waals surface area contributed by atoms with Gasteiger partial charge >= 0.3 is 0 Å². The third-order valence-corrected chi connectivity index (χ3v) is 3.93. The quantitative estimate of drug-likeness (QED) is 0.860. The lowest BCUT2D eigenvalue weighted by atomic mass is 9.94. The molecule has 0 amide bonds. The van der Waals surface area contributed by atoms with Crippen LogP contribution in [0.2, 0.25) is 0 Å². The molecule has 100 valence electrons. The second-order valence-electron chi connectivity index (χ2n) is 5.61. The number of rotatable bonds is 4. The Bertz CT molecular complexity index is 417. The molecule has 1 aromatic carbocycles. The van der Waals surface area contributed by atoms with Gasteiger partial charge in [0.15, 0.2) is 0 Å². The summed E-state index contributed by atoms with van der Waals surface area (Å²) in [6, 6.07) is 6.78. The van der Waals surface area contributed by atoms with Gasteiger partial charge in [-0.15, -0.1) is 0 Å². The van der Waals surface area contributed by atoms with Crippen LogP contribution in [0.3, 0.4) is 0 Å². The molecule has 2 N–H and O–H groups in total. The standard InChI is InChI=1S/C15H24N2O/c1-10(2)17-9-12(7-11(3)16-4)14-8-13(18)5-6-15(14)17/h5-6,8,10-12,16,18H,7,9H2,1-4H3. The number of benzene rings is 1. The van der Waals surface area contributed by atoms with Gasteiger partial charge < -0.3 is 15.3 Å². The number of phenols is 1. The Morgan fingerprint density at radius 1 is 1.39 bits per heavy atom. The Hall–Kier alpha value is -1.22. The summed E-state index contributed by atoms with van der Waals surface area (Å²) < 4.78 is 0. The number of fused-ring (bicyclic) bond motifs is 1. The van der Waals surface area contributed by atoms with Gasteiger partial charge in [0.2, 0.25) is 0 Å². The average molecular weight is 248 g/mol. The van der Waals surface area contributed by atoms with E-state index in [1.165, 1.54) is 11.3 Å². The van der Waals surface area contributed by atoms with E-state index in [2.05, 4.69) is 37.1 Å². The van der Waals surface area contributed by atoms with Gasteiger partial charge in [0, 0.05) is 30.2 Å². The summed E-state index contributed by atoms with van der Waals surface area (Å²) in [5.41, 5.74) is 2.59. The number of hydrogen-bond acceptors (Lipinski definition) is 3. The molecule has 1 heterocycles. The molecular weight excluding hydrogens is 224 g/mol. The average Bonchev–Trinajstić information content (AvgIpc) is 2.67. The van der Waals surface area contributed by atoms with E-state index in [1.54, 1.807) is 6.07 Å². The zero-order valence-corrected chi connectivity index (χ0v) is 11.8. The van der Waals surface area contributed by atoms with Crippen LogP contribution in [-0.2, 0) is 0 Å². The number of nitrogens with zero attached hydrogens (tertiary/aromatic N) is 1. The minimum absolute atomic E-state index is 0.376. The Kier molecular flexibility index (Phi) is 3.81. The lowest BCUT2D eigenvalue weighted by Crippen LogP contribution is -2.31. The molecule has 0 radical (unpaired) electrons. The molecule has 0 aliphatic carbocycles. The lowest BCUT2D eigenvalue weighted by Gasteiger charge is -2.25. The van der Waals surface area contributed by atoms with E-state index in [1.807, 2.05) is 13.1 Å². The Morgan fingerprint density at radius 2 is 2.11 bits per heavy atom. The fourth-order valence-electron chi connectivity index (χ4n) is 2.80. The summed E-state index contributed by atoms with van der Waals surface area (Å²) in [6.07, 6.45) is 1.11. The summed E-state index contributed by atoms with van der Waals surface area (Å²) >= 11 is 0. The third kappa shape index (κ3) is 2.46. The van der Waals surface area contributed by atoms with Gasteiger partial charge in [-0.3, -0.25) is 0 Å². The van der Waals surface area contributed by atoms with Crippen molar-refractivity contribution < 1.29 is 5.11 Å². The van der Waals surface area contributed by atoms with Crippen molar-refractivity contribution >= 4 is 5.69 Å². The first-order valence-electron chi connectivity index (χ1n) is 6.79. The molecule has 2 unspecified atom stereocenters. The molecule has 3 nitrogen and oxygen atoms in total. The molecule has 0 saturated heterocycles. The highest BCUT2D eigenvalue weighted by Crippen LogP contribution is 2.41. The molecule has 0 spiro atoms. The van der Waals surface area contributed by atoms with Crippen LogP contribution in [0.4, 0.5) is 5.69 Å². The van der Waals surface area contributed by atoms with Crippen molar-refractivity contribution in [2.75, 3.05) is 18.5 Å². The van der Waals surface area contributed by atoms with Crippen molar-refractivity contribution in [1.82, 2.24) is 5.32 Å². The topological polar surface area (TPSA) is 35.5 Å².